The van der Waals surface area contributed by atoms with Gasteiger partial charge >= 0.3 is 0 Å². The van der Waals surface area contributed by atoms with Crippen molar-refractivity contribution in [3.8, 4) is 44.5 Å². The molecule has 0 aromatic heterocycles. The van der Waals surface area contributed by atoms with Crippen molar-refractivity contribution >= 4 is 53.4 Å². The van der Waals surface area contributed by atoms with Gasteiger partial charge in [0.25, 0.3) is 0 Å². The molecule has 0 heterocycles. The van der Waals surface area contributed by atoms with Crippen LogP contribution in [-0.2, 0) is 0 Å². The van der Waals surface area contributed by atoms with E-state index in [2.05, 4.69) is 141 Å². The molecule has 0 saturated carbocycles. The van der Waals surface area contributed by atoms with Crippen LogP contribution in [0.5, 0.6) is 0 Å². The summed E-state index contributed by atoms with van der Waals surface area (Å²) in [5.74, 6) is 0. The minimum atomic E-state index is 1.14. The molecule has 0 aliphatic heterocycles. The van der Waals surface area contributed by atoms with Gasteiger partial charge in [-0.15, -0.1) is 0 Å². The summed E-state index contributed by atoms with van der Waals surface area (Å²) in [6, 6.07) is 39.1. The molecule has 0 nitrogen and oxygen atoms in total. The molecule has 0 unspecified atom stereocenters. The van der Waals surface area contributed by atoms with E-state index in [1.165, 1.54) is 70.5 Å². The lowest BCUT2D eigenvalue weighted by molar-refractivity contribution is 1.65. The molecule has 2 aliphatic rings. The van der Waals surface area contributed by atoms with E-state index in [9.17, 15) is 0 Å². The summed E-state index contributed by atoms with van der Waals surface area (Å²) < 4.78 is 2.31. The second-order valence-electron chi connectivity index (χ2n) is 8.77. The number of benzene rings is 6. The van der Waals surface area contributed by atoms with Gasteiger partial charge in [0.15, 0.2) is 0 Å². The summed E-state index contributed by atoms with van der Waals surface area (Å²) in [6.45, 7) is 0. The first-order valence-electron chi connectivity index (χ1n) is 11.3. The summed E-state index contributed by atoms with van der Waals surface area (Å²) in [4.78, 5) is 0. The van der Waals surface area contributed by atoms with Crippen LogP contribution in [0.15, 0.2) is 118 Å². The highest BCUT2D eigenvalue weighted by atomic mass is 79.9. The van der Waals surface area contributed by atoms with E-state index in [0.717, 1.165) is 4.47 Å². The average Bonchev–Trinajstić information content (AvgIpc) is 3.37. The predicted molar refractivity (Wildman–Crippen MR) is 152 cm³/mol. The molecular weight excluding hydrogens is 544 g/mol. The topological polar surface area (TPSA) is 0 Å². The fourth-order valence-electron chi connectivity index (χ4n) is 5.54. The maximum Gasteiger partial charge on any atom is 0.0254 e. The van der Waals surface area contributed by atoms with Gasteiger partial charge in [-0.3, -0.25) is 0 Å². The van der Waals surface area contributed by atoms with Gasteiger partial charge in [-0.25, -0.2) is 0 Å². The van der Waals surface area contributed by atoms with Gasteiger partial charge in [-0.1, -0.05) is 123 Å². The average molecular weight is 562 g/mol. The first-order chi connectivity index (χ1) is 16.7. The van der Waals surface area contributed by atoms with Crippen LogP contribution in [-0.4, -0.2) is 0 Å². The predicted octanol–water partition coefficient (Wildman–Crippen LogP) is 10.5. The molecular formula is C32H18Br2. The lowest BCUT2D eigenvalue weighted by Crippen LogP contribution is -1.76. The first kappa shape index (κ1) is 20.2. The Morgan fingerprint density at radius 2 is 0.912 bits per heavy atom. The molecule has 0 bridgehead atoms. The molecule has 6 aromatic rings. The van der Waals surface area contributed by atoms with Crippen molar-refractivity contribution in [1.82, 2.24) is 0 Å². The fourth-order valence-corrected chi connectivity index (χ4v) is 6.36. The Bertz CT molecular complexity index is 1740. The number of hydrogen-bond acceptors (Lipinski definition) is 0. The molecule has 8 rings (SSSR count). The van der Waals surface area contributed by atoms with Gasteiger partial charge < -0.3 is 0 Å². The molecule has 2 aliphatic carbocycles. The Morgan fingerprint density at radius 3 is 1.65 bits per heavy atom. The number of halogens is 2. The largest absolute Gasteiger partial charge is 0.0616 e. The van der Waals surface area contributed by atoms with Crippen molar-refractivity contribution in [2.75, 3.05) is 0 Å². The lowest BCUT2D eigenvalue weighted by Gasteiger charge is -2.03. The van der Waals surface area contributed by atoms with E-state index in [-0.39, 0.29) is 0 Å². The molecule has 6 aromatic carbocycles. The highest BCUT2D eigenvalue weighted by molar-refractivity contribution is 9.11. The second kappa shape index (κ2) is 7.66. The summed E-state index contributed by atoms with van der Waals surface area (Å²) in [5.41, 5.74) is 10.8. The van der Waals surface area contributed by atoms with Crippen molar-refractivity contribution in [2.45, 2.75) is 0 Å². The fraction of sp³-hybridized carbons (Fsp3) is 0. The minimum absolute atomic E-state index is 1.14. The van der Waals surface area contributed by atoms with Gasteiger partial charge in [0.05, 0.1) is 0 Å². The molecule has 34 heavy (non-hydrogen) atoms. The Morgan fingerprint density at radius 1 is 0.382 bits per heavy atom. The second-order valence-corrected chi connectivity index (χ2v) is 10.5. The molecule has 160 valence electrons. The maximum absolute atomic E-state index is 3.64. The summed E-state index contributed by atoms with van der Waals surface area (Å²) in [6.07, 6.45) is 0. The zero-order valence-corrected chi connectivity index (χ0v) is 21.3. The molecule has 0 saturated heterocycles. The highest BCUT2D eigenvalue weighted by Gasteiger charge is 2.21. The van der Waals surface area contributed by atoms with Crippen LogP contribution in [0.4, 0.5) is 0 Å². The van der Waals surface area contributed by atoms with Crippen molar-refractivity contribution in [2.24, 2.45) is 0 Å². The van der Waals surface area contributed by atoms with Crippen molar-refractivity contribution in [3.63, 3.8) is 0 Å². The van der Waals surface area contributed by atoms with Gasteiger partial charge in [0.2, 0.25) is 0 Å². The van der Waals surface area contributed by atoms with Crippen LogP contribution in [0, 0.1) is 0 Å². The van der Waals surface area contributed by atoms with Crippen molar-refractivity contribution in [3.05, 3.63) is 118 Å². The third-order valence-electron chi connectivity index (χ3n) is 6.96. The summed E-state index contributed by atoms with van der Waals surface area (Å²) in [5, 5.41) is 5.40. The van der Waals surface area contributed by atoms with E-state index in [4.69, 9.17) is 0 Å². The van der Waals surface area contributed by atoms with Crippen molar-refractivity contribution < 1.29 is 0 Å². The molecule has 2 heteroatoms. The third-order valence-corrected chi connectivity index (χ3v) is 8.15. The number of hydrogen-bond donors (Lipinski definition) is 0. The molecule has 0 spiro atoms. The van der Waals surface area contributed by atoms with Crippen LogP contribution in [0.3, 0.4) is 0 Å². The van der Waals surface area contributed by atoms with Gasteiger partial charge in [0, 0.05) is 8.95 Å². The quantitative estimate of drug-likeness (QED) is 0.173. The van der Waals surface area contributed by atoms with Crippen LogP contribution in [0.2, 0.25) is 0 Å². The van der Waals surface area contributed by atoms with E-state index in [1.807, 2.05) is 0 Å². The van der Waals surface area contributed by atoms with E-state index in [0.29, 0.717) is 0 Å². The van der Waals surface area contributed by atoms with E-state index < -0.39 is 0 Å². The van der Waals surface area contributed by atoms with E-state index in [1.54, 1.807) is 0 Å². The first-order valence-corrected chi connectivity index (χ1v) is 12.9. The lowest BCUT2D eigenvalue weighted by atomic mass is 10.0. The van der Waals surface area contributed by atoms with Crippen LogP contribution in [0.1, 0.15) is 0 Å². The summed E-state index contributed by atoms with van der Waals surface area (Å²) >= 11 is 7.20. The van der Waals surface area contributed by atoms with E-state index >= 15 is 0 Å². The third kappa shape index (κ3) is 2.89. The highest BCUT2D eigenvalue weighted by Crippen LogP contribution is 2.49. The van der Waals surface area contributed by atoms with Crippen molar-refractivity contribution in [1.29, 1.82) is 0 Å². The zero-order valence-electron chi connectivity index (χ0n) is 18.1. The standard InChI is InChI=1S/2C16H9Br/c17-11-7-8-12-13-5-1-3-10-4-2-6-14(16(10)13)15(12)9-11;17-15-9-8-13-11-5-2-1-4-10(11)12-6-3-7-14(15)16(12)13/h2*1-9H. The smallest absolute Gasteiger partial charge is 0.0254 e. The molecule has 0 amide bonds. The van der Waals surface area contributed by atoms with Gasteiger partial charge in [-0.05, 0) is 84.3 Å². The normalized spacial score (nSPS) is 11.8. The molecule has 0 atom stereocenters. The molecule has 0 radical (unpaired) electrons. The van der Waals surface area contributed by atoms with Gasteiger partial charge in [-0.2, -0.15) is 0 Å². The Kier molecular flexibility index (Phi) is 4.55. The monoisotopic (exact) mass is 560 g/mol. The molecule has 0 fully saturated rings. The Hall–Kier alpha value is -3.20. The number of fused-ring (bicyclic) bond motifs is 6. The molecule has 0 N–H and O–H groups in total. The maximum atomic E-state index is 3.64. The summed E-state index contributed by atoms with van der Waals surface area (Å²) in [7, 11) is 0. The number of rotatable bonds is 0. The minimum Gasteiger partial charge on any atom is -0.0616 e. The van der Waals surface area contributed by atoms with Crippen LogP contribution < -0.4 is 0 Å². The zero-order chi connectivity index (χ0) is 22.8. The van der Waals surface area contributed by atoms with Gasteiger partial charge in [0.1, 0.15) is 0 Å². The van der Waals surface area contributed by atoms with Crippen LogP contribution in [0.25, 0.3) is 66.1 Å². The Labute approximate surface area is 215 Å². The van der Waals surface area contributed by atoms with Crippen LogP contribution >= 0.6 is 31.9 Å². The Balaban J connectivity index is 0.000000118. The SMILES string of the molecule is Brc1ccc2c(c1)-c1cccc3cccc-2c13.Brc1ccc2c3c(cccc13)-c1ccccc1-2.